The molecule has 0 bridgehead atoms. The Bertz CT molecular complexity index is 129. The fourth-order valence-corrected chi connectivity index (χ4v) is 2.41. The van der Waals surface area contributed by atoms with Gasteiger partial charge in [0.15, 0.2) is 0 Å². The van der Waals surface area contributed by atoms with E-state index in [2.05, 4.69) is 18.9 Å². The lowest BCUT2D eigenvalue weighted by Gasteiger charge is -2.13. The fraction of sp³-hybridized carbons (Fsp3) is 1.00. The van der Waals surface area contributed by atoms with Crippen molar-refractivity contribution < 1.29 is 0 Å². The Hall–Kier alpha value is -0.0400. The fourth-order valence-electron chi connectivity index (χ4n) is 2.41. The number of hydrogen-bond acceptors (Lipinski definition) is 1. The van der Waals surface area contributed by atoms with Gasteiger partial charge in [-0.3, -0.25) is 0 Å². The van der Waals surface area contributed by atoms with Crippen LogP contribution in [-0.2, 0) is 0 Å². The number of piperidine rings is 1. The summed E-state index contributed by atoms with van der Waals surface area (Å²) in [5.74, 6) is 1.08. The molecule has 0 amide bonds. The number of hydrogen-bond donors (Lipinski definition) is 0. The van der Waals surface area contributed by atoms with Crippen molar-refractivity contribution in [2.45, 2.75) is 19.8 Å². The van der Waals surface area contributed by atoms with Gasteiger partial charge in [0.05, 0.1) is 0 Å². The van der Waals surface area contributed by atoms with Crippen LogP contribution in [-0.4, -0.2) is 25.0 Å². The summed E-state index contributed by atoms with van der Waals surface area (Å²) in [6.07, 6.45) is 2.93. The van der Waals surface area contributed by atoms with Crippen LogP contribution < -0.4 is 0 Å². The van der Waals surface area contributed by atoms with Crippen LogP contribution in [0.4, 0.5) is 0 Å². The lowest BCUT2D eigenvalue weighted by Crippen LogP contribution is -2.19. The van der Waals surface area contributed by atoms with Crippen molar-refractivity contribution in [1.29, 1.82) is 0 Å². The molecule has 0 aromatic rings. The Morgan fingerprint density at radius 2 is 2.44 bits per heavy atom. The van der Waals surface area contributed by atoms with Crippen molar-refractivity contribution in [2.24, 2.45) is 11.3 Å². The summed E-state index contributed by atoms with van der Waals surface area (Å²) in [7, 11) is 2.24. The first-order chi connectivity index (χ1) is 4.27. The van der Waals surface area contributed by atoms with Crippen molar-refractivity contribution in [3.63, 3.8) is 0 Å². The first kappa shape index (κ1) is 5.72. The summed E-state index contributed by atoms with van der Waals surface area (Å²) in [6, 6.07) is 0. The van der Waals surface area contributed by atoms with E-state index in [0.29, 0.717) is 0 Å². The predicted octanol–water partition coefficient (Wildman–Crippen LogP) is 1.35. The number of rotatable bonds is 1. The molecule has 1 aliphatic heterocycles. The molecule has 52 valence electrons. The number of likely N-dealkylation sites (tertiary alicyclic amines) is 1. The molecule has 2 rings (SSSR count). The summed E-state index contributed by atoms with van der Waals surface area (Å²) >= 11 is 0. The second-order valence-electron chi connectivity index (χ2n) is 3.81. The average molecular weight is 125 g/mol. The smallest absolute Gasteiger partial charge is 0.00382 e. The quantitative estimate of drug-likeness (QED) is 0.511. The van der Waals surface area contributed by atoms with Gasteiger partial charge in [0.25, 0.3) is 0 Å². The van der Waals surface area contributed by atoms with E-state index in [1.54, 1.807) is 0 Å². The molecule has 2 fully saturated rings. The average Bonchev–Trinajstić information content (AvgIpc) is 2.38. The minimum atomic E-state index is 0.800. The summed E-state index contributed by atoms with van der Waals surface area (Å²) in [4.78, 5) is 2.47. The third kappa shape index (κ3) is 0.644. The molecule has 0 radical (unpaired) electrons. The van der Waals surface area contributed by atoms with Crippen molar-refractivity contribution in [2.75, 3.05) is 20.1 Å². The van der Waals surface area contributed by atoms with Gasteiger partial charge < -0.3 is 4.90 Å². The normalized spacial score (nSPS) is 49.3. The lowest BCUT2D eigenvalue weighted by molar-refractivity contribution is 0.332. The molecule has 0 spiro atoms. The number of fused-ring (bicyclic) bond motifs is 1. The molecule has 1 saturated heterocycles. The lowest BCUT2D eigenvalue weighted by atomic mass is 10.0. The van der Waals surface area contributed by atoms with Crippen LogP contribution in [0.15, 0.2) is 0 Å². The Morgan fingerprint density at radius 3 is 2.78 bits per heavy atom. The molecule has 9 heavy (non-hydrogen) atoms. The second-order valence-corrected chi connectivity index (χ2v) is 3.81. The zero-order valence-electron chi connectivity index (χ0n) is 6.35. The summed E-state index contributed by atoms with van der Waals surface area (Å²) in [5, 5.41) is 0. The zero-order valence-corrected chi connectivity index (χ0v) is 6.35. The largest absolute Gasteiger partial charge is 0.306 e. The van der Waals surface area contributed by atoms with Gasteiger partial charge in [0.2, 0.25) is 0 Å². The van der Waals surface area contributed by atoms with Crippen LogP contribution in [0, 0.1) is 11.3 Å². The van der Waals surface area contributed by atoms with Gasteiger partial charge in [0, 0.05) is 13.1 Å². The van der Waals surface area contributed by atoms with Gasteiger partial charge in [-0.2, -0.15) is 0 Å². The Morgan fingerprint density at radius 1 is 1.67 bits per heavy atom. The van der Waals surface area contributed by atoms with Crippen LogP contribution in [0.5, 0.6) is 0 Å². The first-order valence-corrected chi connectivity index (χ1v) is 3.95. The Labute approximate surface area is 57.0 Å². The summed E-state index contributed by atoms with van der Waals surface area (Å²) < 4.78 is 0. The minimum absolute atomic E-state index is 0.800. The van der Waals surface area contributed by atoms with E-state index in [1.807, 2.05) is 0 Å². The maximum Gasteiger partial charge on any atom is 0.00382 e. The van der Waals surface area contributed by atoms with E-state index < -0.39 is 0 Å². The highest BCUT2D eigenvalue weighted by molar-refractivity contribution is 5.08. The van der Waals surface area contributed by atoms with E-state index in [9.17, 15) is 0 Å². The predicted molar refractivity (Wildman–Crippen MR) is 38.3 cm³/mol. The van der Waals surface area contributed by atoms with Crippen LogP contribution in [0.1, 0.15) is 19.8 Å². The van der Waals surface area contributed by atoms with E-state index in [-0.39, 0.29) is 0 Å². The van der Waals surface area contributed by atoms with Crippen LogP contribution in [0.2, 0.25) is 0 Å². The second kappa shape index (κ2) is 1.51. The third-order valence-corrected chi connectivity index (χ3v) is 3.18. The highest BCUT2D eigenvalue weighted by Gasteiger charge is 2.57. The van der Waals surface area contributed by atoms with Gasteiger partial charge in [-0.25, -0.2) is 0 Å². The molecule has 2 atom stereocenters. The molecule has 1 aliphatic carbocycles. The van der Waals surface area contributed by atoms with Gasteiger partial charge in [-0.1, -0.05) is 6.92 Å². The van der Waals surface area contributed by atoms with Crippen molar-refractivity contribution in [3.05, 3.63) is 0 Å². The van der Waals surface area contributed by atoms with Gasteiger partial charge in [0.1, 0.15) is 0 Å². The van der Waals surface area contributed by atoms with Gasteiger partial charge in [-0.05, 0) is 31.2 Å². The highest BCUT2D eigenvalue weighted by Crippen LogP contribution is 2.59. The van der Waals surface area contributed by atoms with Crippen molar-refractivity contribution in [1.82, 2.24) is 4.90 Å². The van der Waals surface area contributed by atoms with Crippen LogP contribution in [0.25, 0.3) is 0 Å². The van der Waals surface area contributed by atoms with E-state index in [0.717, 1.165) is 11.3 Å². The highest BCUT2D eigenvalue weighted by atomic mass is 15.2. The van der Waals surface area contributed by atoms with Gasteiger partial charge >= 0.3 is 0 Å². The molecule has 0 aromatic heterocycles. The van der Waals surface area contributed by atoms with Crippen molar-refractivity contribution in [3.8, 4) is 0 Å². The number of nitrogens with zero attached hydrogens (tertiary/aromatic N) is 1. The molecule has 1 heterocycles. The monoisotopic (exact) mass is 125 g/mol. The first-order valence-electron chi connectivity index (χ1n) is 3.95. The van der Waals surface area contributed by atoms with Crippen LogP contribution in [0.3, 0.4) is 0 Å². The zero-order chi connectivity index (χ0) is 6.48. The molecule has 1 saturated carbocycles. The van der Waals surface area contributed by atoms with Crippen molar-refractivity contribution >= 4 is 0 Å². The Kier molecular flexibility index (Phi) is 0.963. The standard InChI is InChI=1S/C8H15N/c1-3-8-4-7(8)5-9(2)6-8/h7H,3-6H2,1-2H3. The molecule has 0 aromatic carbocycles. The molecule has 0 N–H and O–H groups in total. The molecular formula is C8H15N. The third-order valence-electron chi connectivity index (χ3n) is 3.18. The SMILES string of the molecule is CCC12CC1CN(C)C2. The topological polar surface area (TPSA) is 3.24 Å². The Balaban J connectivity index is 2.05. The van der Waals surface area contributed by atoms with Crippen LogP contribution >= 0.6 is 0 Å². The minimum Gasteiger partial charge on any atom is -0.306 e. The molecule has 1 heteroatoms. The van der Waals surface area contributed by atoms with Gasteiger partial charge in [-0.15, -0.1) is 0 Å². The molecule has 1 nitrogen and oxygen atoms in total. The maximum absolute atomic E-state index is 2.47. The summed E-state index contributed by atoms with van der Waals surface area (Å²) in [6.45, 7) is 5.07. The molecule has 2 aliphatic rings. The van der Waals surface area contributed by atoms with E-state index in [4.69, 9.17) is 0 Å². The maximum atomic E-state index is 2.47. The van der Waals surface area contributed by atoms with E-state index in [1.165, 1.54) is 25.9 Å². The summed E-state index contributed by atoms with van der Waals surface area (Å²) in [5.41, 5.74) is 0.800. The van der Waals surface area contributed by atoms with E-state index >= 15 is 0 Å². The molecule has 2 unspecified atom stereocenters. The molecular weight excluding hydrogens is 110 g/mol.